The number of aryl methyl sites for hydroxylation is 1. The highest BCUT2D eigenvalue weighted by molar-refractivity contribution is 6.10. The van der Waals surface area contributed by atoms with Crippen molar-refractivity contribution in [3.05, 3.63) is 84.0 Å². The van der Waals surface area contributed by atoms with Crippen molar-refractivity contribution in [3.63, 3.8) is 0 Å². The zero-order chi connectivity index (χ0) is 19.1. The summed E-state index contributed by atoms with van der Waals surface area (Å²) in [6, 6.07) is 9.28. The Balaban J connectivity index is 2.09. The molecule has 0 amide bonds. The van der Waals surface area contributed by atoms with E-state index in [4.69, 9.17) is 4.99 Å². The quantitative estimate of drug-likeness (QED) is 0.488. The van der Waals surface area contributed by atoms with Crippen molar-refractivity contribution in [2.75, 3.05) is 5.32 Å². The molecule has 27 heavy (non-hydrogen) atoms. The van der Waals surface area contributed by atoms with Gasteiger partial charge in [-0.15, -0.1) is 0 Å². The zero-order valence-corrected chi connectivity index (χ0v) is 15.4. The smallest absolute Gasteiger partial charge is 0.164 e. The molecule has 0 aliphatic heterocycles. The summed E-state index contributed by atoms with van der Waals surface area (Å²) in [6.45, 7) is 4.11. The number of halogens is 1. The maximum absolute atomic E-state index is 14.2. The van der Waals surface area contributed by atoms with Crippen LogP contribution in [0.15, 0.2) is 66.2 Å². The van der Waals surface area contributed by atoms with Crippen molar-refractivity contribution in [1.82, 2.24) is 15.0 Å². The number of aromatic nitrogens is 3. The van der Waals surface area contributed by atoms with Gasteiger partial charge in [0.15, 0.2) is 11.7 Å². The fourth-order valence-corrected chi connectivity index (χ4v) is 2.70. The minimum atomic E-state index is -0.436. The monoisotopic (exact) mass is 363 g/mol. The average molecular weight is 363 g/mol. The van der Waals surface area contributed by atoms with Crippen molar-refractivity contribution in [2.45, 2.75) is 26.7 Å². The van der Waals surface area contributed by atoms with E-state index in [0.717, 1.165) is 35.5 Å². The molecule has 138 valence electrons. The SMILES string of the molecule is CC/C=C(/N=C(/Nc1ccncc1F)c1[nH]ccc1CC)c1ccccn1. The van der Waals surface area contributed by atoms with E-state index in [-0.39, 0.29) is 0 Å². The predicted molar refractivity (Wildman–Crippen MR) is 107 cm³/mol. The van der Waals surface area contributed by atoms with Crippen LogP contribution in [0.1, 0.15) is 37.2 Å². The zero-order valence-electron chi connectivity index (χ0n) is 15.4. The van der Waals surface area contributed by atoms with Gasteiger partial charge < -0.3 is 10.3 Å². The molecule has 0 radical (unpaired) electrons. The van der Waals surface area contributed by atoms with Crippen LogP contribution in [-0.2, 0) is 6.42 Å². The molecule has 0 aliphatic rings. The molecule has 0 aromatic carbocycles. The number of allylic oxidation sites excluding steroid dienone is 1. The summed E-state index contributed by atoms with van der Waals surface area (Å²) >= 11 is 0. The number of hydrogen-bond acceptors (Lipinski definition) is 3. The minimum Gasteiger partial charge on any atom is -0.358 e. The van der Waals surface area contributed by atoms with Gasteiger partial charge in [0.25, 0.3) is 0 Å². The van der Waals surface area contributed by atoms with Gasteiger partial charge in [0.1, 0.15) is 0 Å². The summed E-state index contributed by atoms with van der Waals surface area (Å²) in [6.07, 6.45) is 9.94. The third kappa shape index (κ3) is 4.47. The number of pyridine rings is 2. The summed E-state index contributed by atoms with van der Waals surface area (Å²) in [4.78, 5) is 16.2. The first-order valence-electron chi connectivity index (χ1n) is 8.96. The Morgan fingerprint density at radius 3 is 2.81 bits per heavy atom. The summed E-state index contributed by atoms with van der Waals surface area (Å²) in [7, 11) is 0. The maximum atomic E-state index is 14.2. The molecule has 0 fully saturated rings. The minimum absolute atomic E-state index is 0.317. The Morgan fingerprint density at radius 2 is 2.11 bits per heavy atom. The average Bonchev–Trinajstić information content (AvgIpc) is 3.18. The van der Waals surface area contributed by atoms with Crippen LogP contribution in [0.3, 0.4) is 0 Å². The van der Waals surface area contributed by atoms with Crippen LogP contribution in [-0.4, -0.2) is 20.8 Å². The van der Waals surface area contributed by atoms with Crippen LogP contribution in [0.5, 0.6) is 0 Å². The van der Waals surface area contributed by atoms with E-state index in [1.807, 2.05) is 43.5 Å². The fraction of sp³-hybridized carbons (Fsp3) is 0.190. The van der Waals surface area contributed by atoms with Crippen molar-refractivity contribution in [3.8, 4) is 0 Å². The molecule has 0 aliphatic carbocycles. The molecule has 0 saturated carbocycles. The molecule has 5 nitrogen and oxygen atoms in total. The van der Waals surface area contributed by atoms with Gasteiger partial charge in [-0.25, -0.2) is 9.38 Å². The van der Waals surface area contributed by atoms with Crippen LogP contribution in [0.25, 0.3) is 5.70 Å². The molecule has 3 aromatic heterocycles. The second-order valence-electron chi connectivity index (χ2n) is 5.88. The van der Waals surface area contributed by atoms with Gasteiger partial charge in [-0.3, -0.25) is 9.97 Å². The largest absolute Gasteiger partial charge is 0.358 e. The lowest BCUT2D eigenvalue weighted by Gasteiger charge is -2.13. The summed E-state index contributed by atoms with van der Waals surface area (Å²) < 4.78 is 14.2. The summed E-state index contributed by atoms with van der Waals surface area (Å²) in [5.41, 5.74) is 3.72. The predicted octanol–water partition coefficient (Wildman–Crippen LogP) is 4.82. The normalized spacial score (nSPS) is 12.3. The van der Waals surface area contributed by atoms with Gasteiger partial charge >= 0.3 is 0 Å². The van der Waals surface area contributed by atoms with E-state index < -0.39 is 5.82 Å². The Morgan fingerprint density at radius 1 is 1.22 bits per heavy atom. The van der Waals surface area contributed by atoms with Crippen molar-refractivity contribution < 1.29 is 4.39 Å². The number of H-pyrrole nitrogens is 1. The maximum Gasteiger partial charge on any atom is 0.164 e. The van der Waals surface area contributed by atoms with Gasteiger partial charge in [-0.1, -0.05) is 26.0 Å². The molecule has 0 saturated heterocycles. The number of nitrogens with zero attached hydrogens (tertiary/aromatic N) is 3. The van der Waals surface area contributed by atoms with Gasteiger partial charge in [-0.05, 0) is 42.7 Å². The highest BCUT2D eigenvalue weighted by Crippen LogP contribution is 2.20. The first-order valence-corrected chi connectivity index (χ1v) is 8.96. The second-order valence-corrected chi connectivity index (χ2v) is 5.88. The molecule has 2 N–H and O–H groups in total. The number of nitrogens with one attached hydrogen (secondary N) is 2. The highest BCUT2D eigenvalue weighted by Gasteiger charge is 2.14. The summed E-state index contributed by atoms with van der Waals surface area (Å²) in [5.74, 6) is 0.0981. The molecule has 6 heteroatoms. The van der Waals surface area contributed by atoms with E-state index in [9.17, 15) is 4.39 Å². The van der Waals surface area contributed by atoms with E-state index in [0.29, 0.717) is 11.5 Å². The molecule has 0 bridgehead atoms. The molecule has 0 atom stereocenters. The van der Waals surface area contributed by atoms with Gasteiger partial charge in [0, 0.05) is 18.6 Å². The van der Waals surface area contributed by atoms with Crippen molar-refractivity contribution in [2.24, 2.45) is 4.99 Å². The number of aromatic amines is 1. The molecule has 0 spiro atoms. The third-order valence-corrected chi connectivity index (χ3v) is 4.03. The van der Waals surface area contributed by atoms with Crippen LogP contribution < -0.4 is 5.32 Å². The lowest BCUT2D eigenvalue weighted by molar-refractivity contribution is 0.626. The first-order chi connectivity index (χ1) is 13.2. The Labute approximate surface area is 158 Å². The molecular formula is C21H22FN5. The Hall–Kier alpha value is -3.28. The van der Waals surface area contributed by atoms with Crippen molar-refractivity contribution in [1.29, 1.82) is 0 Å². The van der Waals surface area contributed by atoms with E-state index >= 15 is 0 Å². The van der Waals surface area contributed by atoms with Crippen LogP contribution >= 0.6 is 0 Å². The number of anilines is 1. The lowest BCUT2D eigenvalue weighted by atomic mass is 10.1. The van der Waals surface area contributed by atoms with E-state index in [2.05, 4.69) is 27.2 Å². The number of amidine groups is 1. The topological polar surface area (TPSA) is 66.0 Å². The molecule has 3 rings (SSSR count). The number of aliphatic imine (C=N–C) groups is 1. The number of rotatable bonds is 6. The van der Waals surface area contributed by atoms with E-state index in [1.54, 1.807) is 18.5 Å². The Bertz CT molecular complexity index is 944. The second kappa shape index (κ2) is 8.89. The highest BCUT2D eigenvalue weighted by atomic mass is 19.1. The molecular weight excluding hydrogens is 341 g/mol. The van der Waals surface area contributed by atoms with Crippen molar-refractivity contribution >= 4 is 17.2 Å². The van der Waals surface area contributed by atoms with Gasteiger partial charge in [0.2, 0.25) is 0 Å². The van der Waals surface area contributed by atoms with Gasteiger partial charge in [0.05, 0.1) is 29.0 Å². The lowest BCUT2D eigenvalue weighted by Crippen LogP contribution is -2.17. The Kier molecular flexibility index (Phi) is 6.10. The molecule has 0 unspecified atom stereocenters. The molecule has 3 heterocycles. The first kappa shape index (κ1) is 18.5. The summed E-state index contributed by atoms with van der Waals surface area (Å²) in [5, 5.41) is 3.12. The van der Waals surface area contributed by atoms with Crippen LogP contribution in [0.4, 0.5) is 10.1 Å². The van der Waals surface area contributed by atoms with E-state index in [1.165, 1.54) is 6.20 Å². The standard InChI is InChI=1S/C21H22FN5/c1-3-7-19(18-8-5-6-11-24-18)27-21(20-15(4-2)9-13-25-20)26-17-10-12-23-14-16(17)22/h5-14,25H,3-4H2,1-2H3,(H,23,26,27)/b19-7+. The molecule has 3 aromatic rings. The third-order valence-electron chi connectivity index (χ3n) is 4.03. The van der Waals surface area contributed by atoms with Gasteiger partial charge in [-0.2, -0.15) is 0 Å². The fourth-order valence-electron chi connectivity index (χ4n) is 2.70. The van der Waals surface area contributed by atoms with Crippen LogP contribution in [0.2, 0.25) is 0 Å². The number of hydrogen-bond donors (Lipinski definition) is 2. The van der Waals surface area contributed by atoms with Crippen LogP contribution in [0, 0.1) is 5.82 Å².